The lowest BCUT2D eigenvalue weighted by atomic mass is 10.2. The van der Waals surface area contributed by atoms with Crippen LogP contribution in [-0.2, 0) is 14.8 Å². The lowest BCUT2D eigenvalue weighted by Crippen LogP contribution is -2.46. The molecule has 0 saturated carbocycles. The van der Waals surface area contributed by atoms with Crippen LogP contribution in [-0.4, -0.2) is 65.7 Å². The third kappa shape index (κ3) is 5.83. The number of hydrogen-bond acceptors (Lipinski definition) is 7. The van der Waals surface area contributed by atoms with Crippen molar-refractivity contribution >= 4 is 40.8 Å². The van der Waals surface area contributed by atoms with E-state index in [0.717, 1.165) is 26.2 Å². The molecule has 11 heteroatoms. The zero-order valence-corrected chi connectivity index (χ0v) is 16.9. The summed E-state index contributed by atoms with van der Waals surface area (Å²) in [6.07, 6.45) is 0. The number of furan rings is 1. The standard InChI is InChI=1S/C14H23N3O5S.2ClH/c1-10-12(14(18)21-3)13(11(2)22-10)23(19,20)16-6-9-17-7-4-15-5-8-17;;/h15-16H,4-9H2,1-3H3;2*1H. The highest BCUT2D eigenvalue weighted by atomic mass is 35.5. The molecule has 0 spiro atoms. The predicted octanol–water partition coefficient (Wildman–Crippen LogP) is 0.710. The monoisotopic (exact) mass is 417 g/mol. The minimum Gasteiger partial charge on any atom is -0.465 e. The summed E-state index contributed by atoms with van der Waals surface area (Å²) in [6, 6.07) is 0. The van der Waals surface area contributed by atoms with Crippen molar-refractivity contribution in [1.29, 1.82) is 0 Å². The van der Waals surface area contributed by atoms with E-state index in [1.165, 1.54) is 14.0 Å². The third-order valence-corrected chi connectivity index (χ3v) is 5.41. The molecule has 1 aromatic rings. The van der Waals surface area contributed by atoms with E-state index in [4.69, 9.17) is 4.42 Å². The summed E-state index contributed by atoms with van der Waals surface area (Å²) in [5, 5.41) is 3.24. The fraction of sp³-hybridized carbons (Fsp3) is 0.643. The molecule has 8 nitrogen and oxygen atoms in total. The molecule has 0 aromatic carbocycles. The van der Waals surface area contributed by atoms with Crippen LogP contribution in [0.4, 0.5) is 0 Å². The first kappa shape index (κ1) is 24.2. The minimum absolute atomic E-state index is 0. The van der Waals surface area contributed by atoms with Crippen LogP contribution in [0.25, 0.3) is 0 Å². The van der Waals surface area contributed by atoms with Gasteiger partial charge in [0.05, 0.1) is 7.11 Å². The highest BCUT2D eigenvalue weighted by molar-refractivity contribution is 7.89. The number of piperazine rings is 1. The van der Waals surface area contributed by atoms with Crippen LogP contribution < -0.4 is 10.0 Å². The molecule has 2 heterocycles. The van der Waals surface area contributed by atoms with Crippen LogP contribution in [0.15, 0.2) is 9.31 Å². The molecule has 0 bridgehead atoms. The first-order valence-corrected chi connectivity index (χ1v) is 8.96. The van der Waals surface area contributed by atoms with Crippen molar-refractivity contribution in [2.75, 3.05) is 46.4 Å². The van der Waals surface area contributed by atoms with Crippen molar-refractivity contribution in [3.05, 3.63) is 17.1 Å². The number of ether oxygens (including phenoxy) is 1. The maximum Gasteiger partial charge on any atom is 0.342 e. The van der Waals surface area contributed by atoms with Gasteiger partial charge in [0.1, 0.15) is 22.0 Å². The molecule has 2 N–H and O–H groups in total. The molecule has 1 saturated heterocycles. The molecule has 0 unspecified atom stereocenters. The molecule has 1 fully saturated rings. The fourth-order valence-corrected chi connectivity index (χ4v) is 4.09. The zero-order chi connectivity index (χ0) is 17.0. The molecule has 0 aliphatic carbocycles. The normalized spacial score (nSPS) is 15.2. The maximum absolute atomic E-state index is 12.5. The summed E-state index contributed by atoms with van der Waals surface area (Å²) in [4.78, 5) is 13.9. The second-order valence-corrected chi connectivity index (χ2v) is 7.10. The number of sulfonamides is 1. The van der Waals surface area contributed by atoms with Crippen LogP contribution in [0.1, 0.15) is 21.9 Å². The molecule has 1 aliphatic rings. The van der Waals surface area contributed by atoms with E-state index in [1.54, 1.807) is 6.92 Å². The topological polar surface area (TPSA) is 101 Å². The Labute approximate surface area is 160 Å². The molecular formula is C14H25Cl2N3O5S. The molecule has 2 rings (SSSR count). The van der Waals surface area contributed by atoms with Gasteiger partial charge in [-0.25, -0.2) is 17.9 Å². The number of carbonyl (C=O) groups excluding carboxylic acids is 1. The van der Waals surface area contributed by atoms with Gasteiger partial charge in [0.2, 0.25) is 10.0 Å². The SMILES string of the molecule is COC(=O)c1c(C)oc(C)c1S(=O)(=O)NCCN1CCNCC1.Cl.Cl. The molecule has 0 radical (unpaired) electrons. The molecule has 146 valence electrons. The zero-order valence-electron chi connectivity index (χ0n) is 14.5. The van der Waals surface area contributed by atoms with Crippen LogP contribution in [0.2, 0.25) is 0 Å². The summed E-state index contributed by atoms with van der Waals surface area (Å²) >= 11 is 0. The Hall–Kier alpha value is -0.840. The average Bonchev–Trinajstić information content (AvgIpc) is 2.82. The van der Waals surface area contributed by atoms with Gasteiger partial charge >= 0.3 is 5.97 Å². The Kier molecular flexibility index (Phi) is 10.00. The number of rotatable bonds is 6. The lowest BCUT2D eigenvalue weighted by molar-refractivity contribution is 0.0595. The number of carbonyl (C=O) groups is 1. The van der Waals surface area contributed by atoms with Gasteiger partial charge in [-0.2, -0.15) is 0 Å². The number of aryl methyl sites for hydroxylation is 2. The summed E-state index contributed by atoms with van der Waals surface area (Å²) in [6.45, 7) is 7.52. The Morgan fingerprint density at radius 2 is 1.84 bits per heavy atom. The van der Waals surface area contributed by atoms with E-state index < -0.39 is 16.0 Å². The lowest BCUT2D eigenvalue weighted by Gasteiger charge is -2.27. The molecule has 0 atom stereocenters. The molecular weight excluding hydrogens is 393 g/mol. The van der Waals surface area contributed by atoms with Gasteiger partial charge in [-0.05, 0) is 13.8 Å². The highest BCUT2D eigenvalue weighted by Gasteiger charge is 2.31. The first-order valence-electron chi connectivity index (χ1n) is 7.48. The minimum atomic E-state index is -3.84. The smallest absolute Gasteiger partial charge is 0.342 e. The van der Waals surface area contributed by atoms with Crippen LogP contribution in [0, 0.1) is 13.8 Å². The maximum atomic E-state index is 12.5. The van der Waals surface area contributed by atoms with Crippen molar-refractivity contribution in [2.45, 2.75) is 18.7 Å². The van der Waals surface area contributed by atoms with Gasteiger partial charge in [0, 0.05) is 39.3 Å². The summed E-state index contributed by atoms with van der Waals surface area (Å²) in [5.41, 5.74) is -0.0420. The largest absolute Gasteiger partial charge is 0.465 e. The third-order valence-electron chi connectivity index (χ3n) is 3.79. The van der Waals surface area contributed by atoms with E-state index in [9.17, 15) is 13.2 Å². The van der Waals surface area contributed by atoms with Crippen molar-refractivity contribution < 1.29 is 22.4 Å². The predicted molar refractivity (Wildman–Crippen MR) is 98.5 cm³/mol. The number of nitrogens with one attached hydrogen (secondary N) is 2. The Morgan fingerprint density at radius 3 is 2.40 bits per heavy atom. The van der Waals surface area contributed by atoms with Crippen molar-refractivity contribution in [3.63, 3.8) is 0 Å². The van der Waals surface area contributed by atoms with Crippen LogP contribution >= 0.6 is 24.8 Å². The van der Waals surface area contributed by atoms with Crippen LogP contribution in [0.3, 0.4) is 0 Å². The van der Waals surface area contributed by atoms with E-state index in [2.05, 4.69) is 19.7 Å². The Morgan fingerprint density at radius 1 is 1.24 bits per heavy atom. The van der Waals surface area contributed by atoms with E-state index >= 15 is 0 Å². The van der Waals surface area contributed by atoms with Crippen molar-refractivity contribution in [1.82, 2.24) is 14.9 Å². The number of halogens is 2. The van der Waals surface area contributed by atoms with Gasteiger partial charge in [0.15, 0.2) is 0 Å². The highest BCUT2D eigenvalue weighted by Crippen LogP contribution is 2.27. The van der Waals surface area contributed by atoms with E-state index in [-0.39, 0.29) is 53.3 Å². The van der Waals surface area contributed by atoms with Crippen molar-refractivity contribution in [3.8, 4) is 0 Å². The summed E-state index contributed by atoms with van der Waals surface area (Å²) < 4.78 is 37.6. The number of nitrogens with zero attached hydrogens (tertiary/aromatic N) is 1. The first-order chi connectivity index (χ1) is 10.9. The van der Waals surface area contributed by atoms with Gasteiger partial charge in [0.25, 0.3) is 0 Å². The van der Waals surface area contributed by atoms with Gasteiger partial charge in [-0.3, -0.25) is 4.90 Å². The van der Waals surface area contributed by atoms with E-state index in [1.807, 2.05) is 0 Å². The fourth-order valence-electron chi connectivity index (χ4n) is 2.67. The Bertz CT molecular complexity index is 672. The quantitative estimate of drug-likeness (QED) is 0.657. The molecule has 1 aromatic heterocycles. The molecule has 1 aliphatic heterocycles. The second kappa shape index (κ2) is 10.3. The van der Waals surface area contributed by atoms with Crippen LogP contribution in [0.5, 0.6) is 0 Å². The molecule has 25 heavy (non-hydrogen) atoms. The summed E-state index contributed by atoms with van der Waals surface area (Å²) in [5.74, 6) is -0.309. The van der Waals surface area contributed by atoms with Gasteiger partial charge in [-0.15, -0.1) is 24.8 Å². The van der Waals surface area contributed by atoms with Gasteiger partial charge < -0.3 is 14.5 Å². The Balaban J connectivity index is 0.00000288. The average molecular weight is 418 g/mol. The summed E-state index contributed by atoms with van der Waals surface area (Å²) in [7, 11) is -2.64. The van der Waals surface area contributed by atoms with Gasteiger partial charge in [-0.1, -0.05) is 0 Å². The van der Waals surface area contributed by atoms with E-state index in [0.29, 0.717) is 6.54 Å². The molecule has 0 amide bonds. The number of esters is 1. The second-order valence-electron chi connectivity index (χ2n) is 5.40. The number of methoxy groups -OCH3 is 1. The van der Waals surface area contributed by atoms with Crippen molar-refractivity contribution in [2.24, 2.45) is 0 Å². The number of hydrogen-bond donors (Lipinski definition) is 2.